The zero-order valence-corrected chi connectivity index (χ0v) is 14.7. The van der Waals surface area contributed by atoms with Crippen molar-refractivity contribution in [3.63, 3.8) is 0 Å². The Morgan fingerprint density at radius 3 is 2.81 bits per heavy atom. The topological polar surface area (TPSA) is 74.8 Å². The predicted octanol–water partition coefficient (Wildman–Crippen LogP) is 2.57. The predicted molar refractivity (Wildman–Crippen MR) is 92.4 cm³/mol. The SMILES string of the molecule is O=c1[nH]c(CC2CC2)nc2c1CCN(c1nccc(CCC(F)(F)F)n1)C2. The van der Waals surface area contributed by atoms with Crippen molar-refractivity contribution in [2.24, 2.45) is 5.92 Å². The summed E-state index contributed by atoms with van der Waals surface area (Å²) in [6.45, 7) is 0.919. The van der Waals surface area contributed by atoms with Gasteiger partial charge in [-0.15, -0.1) is 0 Å². The first-order valence-electron chi connectivity index (χ1n) is 9.12. The third-order valence-corrected chi connectivity index (χ3v) is 4.95. The van der Waals surface area contributed by atoms with Crippen LogP contribution in [0.3, 0.4) is 0 Å². The van der Waals surface area contributed by atoms with E-state index in [0.717, 1.165) is 6.42 Å². The van der Waals surface area contributed by atoms with Crippen molar-refractivity contribution < 1.29 is 13.2 Å². The van der Waals surface area contributed by atoms with Gasteiger partial charge in [-0.3, -0.25) is 4.79 Å². The molecular formula is C18H20F3N5O. The fourth-order valence-corrected chi connectivity index (χ4v) is 3.30. The van der Waals surface area contributed by atoms with Gasteiger partial charge in [0.1, 0.15) is 5.82 Å². The maximum atomic E-state index is 12.4. The van der Waals surface area contributed by atoms with Crippen molar-refractivity contribution in [1.29, 1.82) is 0 Å². The van der Waals surface area contributed by atoms with Crippen LogP contribution in [-0.2, 0) is 25.8 Å². The standard InChI is InChI=1S/C18H20F3N5O/c19-18(20,21)6-3-12-4-7-22-17(23-12)26-8-5-13-14(10-26)24-15(25-16(13)27)9-11-1-2-11/h4,7,11H,1-3,5-6,8-10H2,(H,24,25,27). The van der Waals surface area contributed by atoms with Crippen LogP contribution in [0.25, 0.3) is 0 Å². The average molecular weight is 379 g/mol. The number of aryl methyl sites for hydroxylation is 1. The lowest BCUT2D eigenvalue weighted by molar-refractivity contribution is -0.134. The zero-order valence-electron chi connectivity index (χ0n) is 14.7. The molecule has 0 atom stereocenters. The molecule has 0 amide bonds. The van der Waals surface area contributed by atoms with Gasteiger partial charge in [-0.05, 0) is 37.7 Å². The first-order chi connectivity index (χ1) is 12.9. The van der Waals surface area contributed by atoms with Gasteiger partial charge in [0.25, 0.3) is 5.56 Å². The summed E-state index contributed by atoms with van der Waals surface area (Å²) in [5.74, 6) is 1.70. The molecule has 2 aliphatic rings. The van der Waals surface area contributed by atoms with E-state index < -0.39 is 12.6 Å². The summed E-state index contributed by atoms with van der Waals surface area (Å²) in [7, 11) is 0. The van der Waals surface area contributed by atoms with E-state index in [2.05, 4.69) is 19.9 Å². The number of hydrogen-bond acceptors (Lipinski definition) is 5. The summed E-state index contributed by atoms with van der Waals surface area (Å²) in [4.78, 5) is 30.2. The van der Waals surface area contributed by atoms with Crippen LogP contribution in [0.15, 0.2) is 17.1 Å². The van der Waals surface area contributed by atoms with Gasteiger partial charge in [0.2, 0.25) is 5.95 Å². The van der Waals surface area contributed by atoms with Crippen LogP contribution < -0.4 is 10.5 Å². The second kappa shape index (κ2) is 6.94. The summed E-state index contributed by atoms with van der Waals surface area (Å²) < 4.78 is 37.3. The minimum atomic E-state index is -4.21. The maximum absolute atomic E-state index is 12.4. The van der Waals surface area contributed by atoms with E-state index in [4.69, 9.17) is 0 Å². The van der Waals surface area contributed by atoms with Crippen LogP contribution in [0, 0.1) is 5.92 Å². The monoisotopic (exact) mass is 379 g/mol. The summed E-state index contributed by atoms with van der Waals surface area (Å²) >= 11 is 0. The van der Waals surface area contributed by atoms with E-state index >= 15 is 0 Å². The van der Waals surface area contributed by atoms with Crippen LogP contribution in [0.4, 0.5) is 19.1 Å². The Bertz CT molecular complexity index is 891. The van der Waals surface area contributed by atoms with Crippen LogP contribution in [0.2, 0.25) is 0 Å². The number of aromatic amines is 1. The molecule has 0 spiro atoms. The molecule has 1 fully saturated rings. The van der Waals surface area contributed by atoms with E-state index in [-0.39, 0.29) is 12.0 Å². The van der Waals surface area contributed by atoms with Gasteiger partial charge in [-0.1, -0.05) is 0 Å². The highest BCUT2D eigenvalue weighted by Crippen LogP contribution is 2.31. The van der Waals surface area contributed by atoms with Crippen molar-refractivity contribution in [3.05, 3.63) is 45.4 Å². The Balaban J connectivity index is 1.52. The zero-order chi connectivity index (χ0) is 19.0. The summed E-state index contributed by atoms with van der Waals surface area (Å²) in [5, 5.41) is 0. The number of nitrogens with zero attached hydrogens (tertiary/aromatic N) is 4. The largest absolute Gasteiger partial charge is 0.389 e. The number of aromatic nitrogens is 4. The van der Waals surface area contributed by atoms with Crippen molar-refractivity contribution in [2.75, 3.05) is 11.4 Å². The highest BCUT2D eigenvalue weighted by atomic mass is 19.4. The number of anilines is 1. The Kier molecular flexibility index (Phi) is 4.61. The molecule has 1 N–H and O–H groups in total. The highest BCUT2D eigenvalue weighted by Gasteiger charge is 2.28. The Morgan fingerprint density at radius 1 is 1.26 bits per heavy atom. The van der Waals surface area contributed by atoms with Gasteiger partial charge in [-0.25, -0.2) is 15.0 Å². The van der Waals surface area contributed by atoms with Gasteiger partial charge < -0.3 is 9.88 Å². The molecule has 4 rings (SSSR count). The minimum Gasteiger partial charge on any atom is -0.335 e. The second-order valence-electron chi connectivity index (χ2n) is 7.22. The smallest absolute Gasteiger partial charge is 0.335 e. The third kappa shape index (κ3) is 4.45. The number of hydrogen-bond donors (Lipinski definition) is 1. The van der Waals surface area contributed by atoms with Crippen LogP contribution in [0.1, 0.15) is 42.0 Å². The first kappa shape index (κ1) is 17.9. The molecular weight excluding hydrogens is 359 g/mol. The molecule has 9 heteroatoms. The number of fused-ring (bicyclic) bond motifs is 1. The molecule has 144 valence electrons. The third-order valence-electron chi connectivity index (χ3n) is 4.95. The quantitative estimate of drug-likeness (QED) is 0.864. The number of H-pyrrole nitrogens is 1. The summed E-state index contributed by atoms with van der Waals surface area (Å²) in [6, 6.07) is 1.50. The Hall–Kier alpha value is -2.45. The molecule has 0 radical (unpaired) electrons. The molecule has 3 heterocycles. The first-order valence-corrected chi connectivity index (χ1v) is 9.12. The van der Waals surface area contributed by atoms with Gasteiger partial charge in [0.05, 0.1) is 12.2 Å². The lowest BCUT2D eigenvalue weighted by atomic mass is 10.1. The molecule has 2 aromatic heterocycles. The Morgan fingerprint density at radius 2 is 2.07 bits per heavy atom. The molecule has 0 bridgehead atoms. The number of nitrogens with one attached hydrogen (secondary N) is 1. The molecule has 6 nitrogen and oxygen atoms in total. The van der Waals surface area contributed by atoms with Crippen LogP contribution >= 0.6 is 0 Å². The van der Waals surface area contributed by atoms with Crippen molar-refractivity contribution in [2.45, 2.75) is 51.2 Å². The molecule has 0 aromatic carbocycles. The van der Waals surface area contributed by atoms with Gasteiger partial charge in [-0.2, -0.15) is 13.2 Å². The van der Waals surface area contributed by atoms with Gasteiger partial charge in [0.15, 0.2) is 0 Å². The fraction of sp³-hybridized carbons (Fsp3) is 0.556. The molecule has 1 aliphatic carbocycles. The van der Waals surface area contributed by atoms with E-state index in [1.54, 1.807) is 0 Å². The molecule has 1 aliphatic heterocycles. The Labute approximate surface area is 153 Å². The van der Waals surface area contributed by atoms with E-state index in [9.17, 15) is 18.0 Å². The fourth-order valence-electron chi connectivity index (χ4n) is 3.30. The van der Waals surface area contributed by atoms with E-state index in [1.807, 2.05) is 4.90 Å². The average Bonchev–Trinajstić information content (AvgIpc) is 3.43. The normalized spacial score (nSPS) is 17.1. The van der Waals surface area contributed by atoms with Crippen molar-refractivity contribution in [3.8, 4) is 0 Å². The van der Waals surface area contributed by atoms with E-state index in [1.165, 1.54) is 25.1 Å². The van der Waals surface area contributed by atoms with Crippen LogP contribution in [-0.4, -0.2) is 32.7 Å². The van der Waals surface area contributed by atoms with Crippen LogP contribution in [0.5, 0.6) is 0 Å². The molecule has 27 heavy (non-hydrogen) atoms. The molecule has 0 saturated heterocycles. The number of rotatable bonds is 5. The summed E-state index contributed by atoms with van der Waals surface area (Å²) in [5.41, 5.74) is 1.66. The second-order valence-corrected chi connectivity index (χ2v) is 7.22. The minimum absolute atomic E-state index is 0.0878. The van der Waals surface area contributed by atoms with Crippen molar-refractivity contribution >= 4 is 5.95 Å². The number of alkyl halides is 3. The van der Waals surface area contributed by atoms with Gasteiger partial charge >= 0.3 is 6.18 Å². The maximum Gasteiger partial charge on any atom is 0.389 e. The highest BCUT2D eigenvalue weighted by molar-refractivity contribution is 5.36. The lowest BCUT2D eigenvalue weighted by Gasteiger charge is -2.28. The molecule has 0 unspecified atom stereocenters. The van der Waals surface area contributed by atoms with Crippen molar-refractivity contribution in [1.82, 2.24) is 19.9 Å². The number of halogens is 3. The molecule has 1 saturated carbocycles. The molecule has 2 aromatic rings. The lowest BCUT2D eigenvalue weighted by Crippen LogP contribution is -2.36. The van der Waals surface area contributed by atoms with E-state index in [0.29, 0.717) is 54.2 Å². The van der Waals surface area contributed by atoms with Gasteiger partial charge in [0, 0.05) is 36.8 Å². The summed E-state index contributed by atoms with van der Waals surface area (Å²) in [6.07, 6.45) is -0.174.